The van der Waals surface area contributed by atoms with Crippen LogP contribution in [0.1, 0.15) is 50.6 Å². The number of benzene rings is 1. The first-order valence-corrected chi connectivity index (χ1v) is 11.7. The average molecular weight is 459 g/mol. The first kappa shape index (κ1) is 22.3. The van der Waals surface area contributed by atoms with E-state index in [0.717, 1.165) is 30.9 Å². The Morgan fingerprint density at radius 1 is 1.12 bits per heavy atom. The van der Waals surface area contributed by atoms with Gasteiger partial charge in [0.15, 0.2) is 5.65 Å². The van der Waals surface area contributed by atoms with Gasteiger partial charge in [0, 0.05) is 24.5 Å². The standard InChI is InChI=1S/C26H30N6O2/c1-16(2)31-25(33)21-7-8-23(29-19-6-5-18-15-27-11-9-17(18)13-19)30-24(21)32(31)20-10-12-28-22(14-20)26(3,4)34/h5-8,10,12-14,16,27,34H,9,11,15H2,1-4H3,(H,29,30). The SMILES string of the molecule is CC(C)n1c(=O)c2ccc(Nc3ccc4c(c3)CCNC4)nc2n1-c1ccnc(C(C)(C)O)c1. The Morgan fingerprint density at radius 2 is 1.94 bits per heavy atom. The van der Waals surface area contributed by atoms with E-state index in [-0.39, 0.29) is 11.6 Å². The summed E-state index contributed by atoms with van der Waals surface area (Å²) in [6, 6.07) is 13.6. The van der Waals surface area contributed by atoms with E-state index in [1.807, 2.05) is 36.7 Å². The normalized spacial score (nSPS) is 13.9. The summed E-state index contributed by atoms with van der Waals surface area (Å²) in [6.45, 7) is 9.20. The van der Waals surface area contributed by atoms with Gasteiger partial charge >= 0.3 is 0 Å². The second-order valence-corrected chi connectivity index (χ2v) is 9.62. The minimum absolute atomic E-state index is 0.0916. The van der Waals surface area contributed by atoms with Crippen molar-refractivity contribution in [3.8, 4) is 5.69 Å². The van der Waals surface area contributed by atoms with Crippen LogP contribution in [0.25, 0.3) is 16.7 Å². The molecule has 8 nitrogen and oxygen atoms in total. The van der Waals surface area contributed by atoms with Crippen LogP contribution in [0.5, 0.6) is 0 Å². The van der Waals surface area contributed by atoms with Gasteiger partial charge in [-0.1, -0.05) is 6.07 Å². The van der Waals surface area contributed by atoms with E-state index < -0.39 is 5.60 Å². The molecule has 5 rings (SSSR count). The molecule has 4 aromatic rings. The Kier molecular flexibility index (Phi) is 5.50. The summed E-state index contributed by atoms with van der Waals surface area (Å²) in [6.07, 6.45) is 2.65. The fraction of sp³-hybridized carbons (Fsp3) is 0.346. The van der Waals surface area contributed by atoms with Gasteiger partial charge in [-0.05, 0) is 88.2 Å². The lowest BCUT2D eigenvalue weighted by molar-refractivity contribution is 0.0738. The Morgan fingerprint density at radius 3 is 2.71 bits per heavy atom. The second kappa shape index (κ2) is 8.38. The summed E-state index contributed by atoms with van der Waals surface area (Å²) in [5.41, 5.74) is 4.21. The molecule has 0 radical (unpaired) electrons. The molecule has 4 heterocycles. The number of aromatic nitrogens is 4. The second-order valence-electron chi connectivity index (χ2n) is 9.62. The molecule has 3 aromatic heterocycles. The number of nitrogens with one attached hydrogen (secondary N) is 2. The van der Waals surface area contributed by atoms with Crippen molar-refractivity contribution in [1.29, 1.82) is 0 Å². The van der Waals surface area contributed by atoms with E-state index in [9.17, 15) is 9.90 Å². The van der Waals surface area contributed by atoms with Gasteiger partial charge in [0.1, 0.15) is 11.4 Å². The quantitative estimate of drug-likeness (QED) is 0.421. The molecule has 0 saturated carbocycles. The molecule has 8 heteroatoms. The van der Waals surface area contributed by atoms with Crippen LogP contribution in [0.15, 0.2) is 53.5 Å². The lowest BCUT2D eigenvalue weighted by atomic mass is 10.0. The number of hydrogen-bond acceptors (Lipinski definition) is 6. The average Bonchev–Trinajstić information content (AvgIpc) is 3.10. The van der Waals surface area contributed by atoms with Crippen LogP contribution in [-0.2, 0) is 18.6 Å². The Labute approximate surface area is 198 Å². The monoisotopic (exact) mass is 458 g/mol. The first-order chi connectivity index (χ1) is 16.2. The fourth-order valence-electron chi connectivity index (χ4n) is 4.46. The van der Waals surface area contributed by atoms with Crippen LogP contribution in [0, 0.1) is 0 Å². The molecule has 1 aliphatic heterocycles. The molecular formula is C26H30N6O2. The van der Waals surface area contributed by atoms with Crippen molar-refractivity contribution in [3.63, 3.8) is 0 Å². The molecular weight excluding hydrogens is 428 g/mol. The van der Waals surface area contributed by atoms with E-state index >= 15 is 0 Å². The lowest BCUT2D eigenvalue weighted by Crippen LogP contribution is -2.25. The molecule has 34 heavy (non-hydrogen) atoms. The molecule has 1 aromatic carbocycles. The van der Waals surface area contributed by atoms with Gasteiger partial charge < -0.3 is 15.7 Å². The number of rotatable bonds is 5. The largest absolute Gasteiger partial charge is 0.384 e. The van der Waals surface area contributed by atoms with Gasteiger partial charge in [0.25, 0.3) is 5.56 Å². The van der Waals surface area contributed by atoms with Crippen LogP contribution in [0.4, 0.5) is 11.5 Å². The van der Waals surface area contributed by atoms with Gasteiger partial charge in [0.05, 0.1) is 16.8 Å². The van der Waals surface area contributed by atoms with Gasteiger partial charge in [-0.2, -0.15) is 0 Å². The van der Waals surface area contributed by atoms with E-state index in [0.29, 0.717) is 22.5 Å². The molecule has 3 N–H and O–H groups in total. The van der Waals surface area contributed by atoms with E-state index in [2.05, 4.69) is 33.8 Å². The van der Waals surface area contributed by atoms with Crippen LogP contribution >= 0.6 is 0 Å². The molecule has 0 aliphatic carbocycles. The summed E-state index contributed by atoms with van der Waals surface area (Å²) in [5.74, 6) is 0.660. The third-order valence-electron chi connectivity index (χ3n) is 6.20. The summed E-state index contributed by atoms with van der Waals surface area (Å²) in [5, 5.41) is 17.8. The molecule has 0 bridgehead atoms. The summed E-state index contributed by atoms with van der Waals surface area (Å²) in [4.78, 5) is 22.5. The smallest absolute Gasteiger partial charge is 0.276 e. The maximum Gasteiger partial charge on any atom is 0.276 e. The van der Waals surface area contributed by atoms with Crippen molar-refractivity contribution >= 4 is 22.5 Å². The highest BCUT2D eigenvalue weighted by molar-refractivity contribution is 5.79. The number of nitrogens with zero attached hydrogens (tertiary/aromatic N) is 4. The molecule has 0 unspecified atom stereocenters. The van der Waals surface area contributed by atoms with Crippen LogP contribution < -0.4 is 16.2 Å². The van der Waals surface area contributed by atoms with Crippen molar-refractivity contribution in [3.05, 3.63) is 75.8 Å². The van der Waals surface area contributed by atoms with Gasteiger partial charge in [-0.15, -0.1) is 0 Å². The van der Waals surface area contributed by atoms with E-state index in [1.165, 1.54) is 11.1 Å². The highest BCUT2D eigenvalue weighted by Gasteiger charge is 2.22. The number of pyridine rings is 2. The van der Waals surface area contributed by atoms with Gasteiger partial charge in [0.2, 0.25) is 0 Å². The van der Waals surface area contributed by atoms with Gasteiger partial charge in [-0.25, -0.2) is 14.3 Å². The highest BCUT2D eigenvalue weighted by atomic mass is 16.3. The minimum Gasteiger partial charge on any atom is -0.384 e. The third-order valence-corrected chi connectivity index (χ3v) is 6.20. The Hall–Kier alpha value is -3.49. The number of fused-ring (bicyclic) bond motifs is 2. The fourth-order valence-corrected chi connectivity index (χ4v) is 4.46. The number of aliphatic hydroxyl groups is 1. The Balaban J connectivity index is 1.63. The maximum absolute atomic E-state index is 13.3. The van der Waals surface area contributed by atoms with Crippen LogP contribution in [-0.4, -0.2) is 31.0 Å². The van der Waals surface area contributed by atoms with Crippen molar-refractivity contribution in [2.75, 3.05) is 11.9 Å². The van der Waals surface area contributed by atoms with E-state index in [4.69, 9.17) is 4.98 Å². The van der Waals surface area contributed by atoms with Gasteiger partial charge in [-0.3, -0.25) is 9.78 Å². The maximum atomic E-state index is 13.3. The molecule has 0 saturated heterocycles. The van der Waals surface area contributed by atoms with Crippen molar-refractivity contribution < 1.29 is 5.11 Å². The van der Waals surface area contributed by atoms with Crippen molar-refractivity contribution in [2.24, 2.45) is 0 Å². The number of anilines is 2. The van der Waals surface area contributed by atoms with Crippen molar-refractivity contribution in [2.45, 2.75) is 52.3 Å². The summed E-state index contributed by atoms with van der Waals surface area (Å²) < 4.78 is 3.51. The predicted octanol–water partition coefficient (Wildman–Crippen LogP) is 3.78. The zero-order valence-electron chi connectivity index (χ0n) is 20.0. The molecule has 0 amide bonds. The lowest BCUT2D eigenvalue weighted by Gasteiger charge is -2.20. The zero-order valence-corrected chi connectivity index (χ0v) is 20.0. The van der Waals surface area contributed by atoms with Crippen LogP contribution in [0.2, 0.25) is 0 Å². The summed E-state index contributed by atoms with van der Waals surface area (Å²) in [7, 11) is 0. The van der Waals surface area contributed by atoms with Crippen LogP contribution in [0.3, 0.4) is 0 Å². The highest BCUT2D eigenvalue weighted by Crippen LogP contribution is 2.26. The summed E-state index contributed by atoms with van der Waals surface area (Å²) >= 11 is 0. The number of hydrogen-bond donors (Lipinski definition) is 3. The molecule has 1 aliphatic rings. The van der Waals surface area contributed by atoms with E-state index in [1.54, 1.807) is 30.8 Å². The third kappa shape index (κ3) is 3.99. The minimum atomic E-state index is -1.11. The zero-order chi connectivity index (χ0) is 24.0. The topological polar surface area (TPSA) is 97.0 Å². The van der Waals surface area contributed by atoms with Crippen molar-refractivity contribution in [1.82, 2.24) is 24.6 Å². The molecule has 0 atom stereocenters. The Bertz CT molecular complexity index is 1430. The molecule has 0 spiro atoms. The molecule has 0 fully saturated rings. The first-order valence-electron chi connectivity index (χ1n) is 11.7. The predicted molar refractivity (Wildman–Crippen MR) is 134 cm³/mol. The molecule has 176 valence electrons.